The minimum atomic E-state index is 0.184. The van der Waals surface area contributed by atoms with E-state index in [1.54, 1.807) is 0 Å². The molecule has 0 spiro atoms. The van der Waals surface area contributed by atoms with Gasteiger partial charge >= 0.3 is 0 Å². The van der Waals surface area contributed by atoms with Crippen LogP contribution >= 0.6 is 0 Å². The normalized spacial score (nSPS) is 17.1. The predicted molar refractivity (Wildman–Crippen MR) is 103 cm³/mol. The quantitative estimate of drug-likeness (QED) is 0.538. The lowest BCUT2D eigenvalue weighted by atomic mass is 9.91. The Morgan fingerprint density at radius 1 is 1.08 bits per heavy atom. The number of fused-ring (bicyclic) bond motifs is 4. The average molecular weight is 327 g/mol. The number of aryl methyl sites for hydroxylation is 2. The number of hydrogen-bond donors (Lipinski definition) is 2. The van der Waals surface area contributed by atoms with Crippen molar-refractivity contribution in [2.75, 3.05) is 6.54 Å². The van der Waals surface area contributed by atoms with Crippen molar-refractivity contribution >= 4 is 21.8 Å². The summed E-state index contributed by atoms with van der Waals surface area (Å²) in [5.74, 6) is 0. The van der Waals surface area contributed by atoms with Crippen LogP contribution in [0.4, 0.5) is 0 Å². The van der Waals surface area contributed by atoms with Crippen molar-refractivity contribution in [3.63, 3.8) is 0 Å². The van der Waals surface area contributed by atoms with Gasteiger partial charge in [-0.3, -0.25) is 4.98 Å². The van der Waals surface area contributed by atoms with Gasteiger partial charge in [-0.25, -0.2) is 0 Å². The molecule has 0 fully saturated rings. The molecule has 1 aliphatic heterocycles. The Morgan fingerprint density at radius 2 is 1.96 bits per heavy atom. The van der Waals surface area contributed by atoms with Crippen LogP contribution in [0.15, 0.2) is 48.7 Å². The third-order valence-electron chi connectivity index (χ3n) is 5.38. The molecule has 0 saturated heterocycles. The van der Waals surface area contributed by atoms with Crippen molar-refractivity contribution in [2.45, 2.75) is 26.3 Å². The molecule has 1 aliphatic rings. The second kappa shape index (κ2) is 5.43. The molecule has 1 unspecified atom stereocenters. The Hall–Kier alpha value is -2.65. The highest BCUT2D eigenvalue weighted by Crippen LogP contribution is 2.37. The molecule has 124 valence electrons. The van der Waals surface area contributed by atoms with E-state index in [1.807, 2.05) is 12.3 Å². The zero-order chi connectivity index (χ0) is 17.0. The summed E-state index contributed by atoms with van der Waals surface area (Å²) in [6.45, 7) is 5.38. The van der Waals surface area contributed by atoms with Gasteiger partial charge in [-0.2, -0.15) is 0 Å². The number of aromatic nitrogens is 2. The van der Waals surface area contributed by atoms with E-state index in [0.29, 0.717) is 0 Å². The largest absolute Gasteiger partial charge is 0.357 e. The van der Waals surface area contributed by atoms with E-state index in [0.717, 1.165) is 18.5 Å². The van der Waals surface area contributed by atoms with Crippen molar-refractivity contribution < 1.29 is 0 Å². The highest BCUT2D eigenvalue weighted by atomic mass is 15.0. The monoisotopic (exact) mass is 327 g/mol. The van der Waals surface area contributed by atoms with Gasteiger partial charge in [-0.05, 0) is 60.7 Å². The summed E-state index contributed by atoms with van der Waals surface area (Å²) in [4.78, 5) is 8.25. The van der Waals surface area contributed by atoms with Gasteiger partial charge < -0.3 is 10.3 Å². The second-order valence-electron chi connectivity index (χ2n) is 7.08. The van der Waals surface area contributed by atoms with E-state index >= 15 is 0 Å². The maximum absolute atomic E-state index is 4.52. The molecule has 1 atom stereocenters. The molecular formula is C22H21N3. The maximum Gasteiger partial charge on any atom is 0.0739 e. The Kier molecular flexibility index (Phi) is 3.19. The van der Waals surface area contributed by atoms with Gasteiger partial charge in [0.2, 0.25) is 0 Å². The van der Waals surface area contributed by atoms with E-state index in [2.05, 4.69) is 65.5 Å². The van der Waals surface area contributed by atoms with Crippen LogP contribution in [-0.4, -0.2) is 16.5 Å². The smallest absolute Gasteiger partial charge is 0.0739 e. The summed E-state index contributed by atoms with van der Waals surface area (Å²) in [6.07, 6.45) is 2.99. The van der Waals surface area contributed by atoms with E-state index in [-0.39, 0.29) is 6.04 Å². The topological polar surface area (TPSA) is 40.7 Å². The Bertz CT molecular complexity index is 1100. The van der Waals surface area contributed by atoms with E-state index in [4.69, 9.17) is 0 Å². The van der Waals surface area contributed by atoms with Gasteiger partial charge in [0.25, 0.3) is 0 Å². The van der Waals surface area contributed by atoms with Crippen LogP contribution in [-0.2, 0) is 6.42 Å². The predicted octanol–water partition coefficient (Wildman–Crippen LogP) is 4.57. The molecule has 0 bridgehead atoms. The lowest BCUT2D eigenvalue weighted by molar-refractivity contribution is 0.563. The van der Waals surface area contributed by atoms with Crippen LogP contribution < -0.4 is 5.32 Å². The fourth-order valence-corrected chi connectivity index (χ4v) is 4.41. The molecule has 2 N–H and O–H groups in total. The molecule has 5 rings (SSSR count). The average Bonchev–Trinajstić information content (AvgIpc) is 2.99. The van der Waals surface area contributed by atoms with E-state index < -0.39 is 0 Å². The van der Waals surface area contributed by atoms with E-state index in [1.165, 1.54) is 44.2 Å². The molecule has 3 nitrogen and oxygen atoms in total. The molecule has 3 heteroatoms. The first-order valence-electron chi connectivity index (χ1n) is 8.91. The third kappa shape index (κ3) is 2.19. The van der Waals surface area contributed by atoms with Crippen LogP contribution in [0.5, 0.6) is 0 Å². The zero-order valence-electron chi connectivity index (χ0n) is 14.6. The molecule has 3 heterocycles. The second-order valence-corrected chi connectivity index (χ2v) is 7.08. The number of benzene rings is 2. The highest BCUT2D eigenvalue weighted by Gasteiger charge is 2.27. The summed E-state index contributed by atoms with van der Waals surface area (Å²) in [5, 5.41) is 6.35. The first-order valence-corrected chi connectivity index (χ1v) is 8.91. The molecule has 25 heavy (non-hydrogen) atoms. The zero-order valence-corrected chi connectivity index (χ0v) is 14.6. The van der Waals surface area contributed by atoms with Crippen LogP contribution in [0.1, 0.15) is 34.0 Å². The molecule has 0 amide bonds. The van der Waals surface area contributed by atoms with Gasteiger partial charge in [0.1, 0.15) is 0 Å². The molecule has 0 saturated carbocycles. The van der Waals surface area contributed by atoms with Crippen molar-refractivity contribution in [1.82, 2.24) is 15.3 Å². The number of pyridine rings is 1. The van der Waals surface area contributed by atoms with Gasteiger partial charge in [0.15, 0.2) is 0 Å². The Morgan fingerprint density at radius 3 is 2.88 bits per heavy atom. The van der Waals surface area contributed by atoms with Crippen LogP contribution in [0.2, 0.25) is 0 Å². The first-order chi connectivity index (χ1) is 12.2. The SMILES string of the molecule is Cc1cc(C)c2c3c([nH]c2c1)C(c1ccnc2ccccc12)NCC3. The summed E-state index contributed by atoms with van der Waals surface area (Å²) < 4.78 is 0. The fraction of sp³-hybridized carbons (Fsp3) is 0.227. The number of nitrogens with one attached hydrogen (secondary N) is 2. The van der Waals surface area contributed by atoms with Crippen molar-refractivity contribution in [3.05, 3.63) is 76.6 Å². The highest BCUT2D eigenvalue weighted by molar-refractivity contribution is 5.90. The lowest BCUT2D eigenvalue weighted by Crippen LogP contribution is -2.30. The summed E-state index contributed by atoms with van der Waals surface area (Å²) in [5.41, 5.74) is 9.07. The van der Waals surface area contributed by atoms with Crippen LogP contribution in [0.3, 0.4) is 0 Å². The standard InChI is InChI=1S/C22H21N3/c1-13-11-14(2)20-17-8-10-24-21(22(17)25-19(20)12-13)16-7-9-23-18-6-4-3-5-15(16)18/h3-7,9,11-12,21,24-25H,8,10H2,1-2H3. The molecule has 0 radical (unpaired) electrons. The molecule has 2 aromatic heterocycles. The first kappa shape index (κ1) is 14.7. The van der Waals surface area contributed by atoms with Crippen LogP contribution in [0.25, 0.3) is 21.8 Å². The van der Waals surface area contributed by atoms with Crippen molar-refractivity contribution in [2.24, 2.45) is 0 Å². The van der Waals surface area contributed by atoms with Gasteiger partial charge in [0.05, 0.1) is 11.6 Å². The number of hydrogen-bond acceptors (Lipinski definition) is 2. The fourth-order valence-electron chi connectivity index (χ4n) is 4.41. The molecular weight excluding hydrogens is 306 g/mol. The van der Waals surface area contributed by atoms with Crippen molar-refractivity contribution in [3.8, 4) is 0 Å². The lowest BCUT2D eigenvalue weighted by Gasteiger charge is -2.26. The van der Waals surface area contributed by atoms with Crippen LogP contribution in [0, 0.1) is 13.8 Å². The minimum absolute atomic E-state index is 0.184. The van der Waals surface area contributed by atoms with Gasteiger partial charge in [-0.15, -0.1) is 0 Å². The third-order valence-corrected chi connectivity index (χ3v) is 5.38. The van der Waals surface area contributed by atoms with Gasteiger partial charge in [0, 0.05) is 34.7 Å². The van der Waals surface area contributed by atoms with E-state index in [9.17, 15) is 0 Å². The number of rotatable bonds is 1. The minimum Gasteiger partial charge on any atom is -0.357 e. The Balaban J connectivity index is 1.77. The molecule has 2 aromatic carbocycles. The number of H-pyrrole nitrogens is 1. The number of nitrogens with zero attached hydrogens (tertiary/aromatic N) is 1. The molecule has 4 aromatic rings. The number of aromatic amines is 1. The molecule has 0 aliphatic carbocycles. The summed E-state index contributed by atoms with van der Waals surface area (Å²) >= 11 is 0. The van der Waals surface area contributed by atoms with Gasteiger partial charge in [-0.1, -0.05) is 24.3 Å². The summed E-state index contributed by atoms with van der Waals surface area (Å²) in [7, 11) is 0. The maximum atomic E-state index is 4.52. The summed E-state index contributed by atoms with van der Waals surface area (Å²) in [6, 6.07) is 15.3. The number of para-hydroxylation sites is 1. The van der Waals surface area contributed by atoms with Crippen molar-refractivity contribution in [1.29, 1.82) is 0 Å². The Labute approximate surface area is 147 Å².